The van der Waals surface area contributed by atoms with Gasteiger partial charge in [-0.1, -0.05) is 30.3 Å². The van der Waals surface area contributed by atoms with Gasteiger partial charge in [-0.15, -0.1) is 0 Å². The van der Waals surface area contributed by atoms with Crippen LogP contribution in [-0.2, 0) is 16.1 Å². The Balaban J connectivity index is 2.19. The first kappa shape index (κ1) is 12.7. The molecule has 1 aromatic carbocycles. The van der Waals surface area contributed by atoms with Crippen LogP contribution >= 0.6 is 0 Å². The Hall–Kier alpha value is -1.39. The number of aliphatic carboxylic acids is 1. The van der Waals surface area contributed by atoms with E-state index in [9.17, 15) is 4.79 Å². The Morgan fingerprint density at radius 3 is 2.69 bits per heavy atom. The van der Waals surface area contributed by atoms with Crippen LogP contribution in [0, 0.1) is 0 Å². The number of ether oxygens (including phenoxy) is 1. The summed E-state index contributed by atoms with van der Waals surface area (Å²) in [6.07, 6.45) is 0.471. The van der Waals surface area contributed by atoms with E-state index in [2.05, 4.69) is 5.32 Å². The van der Waals surface area contributed by atoms with Crippen LogP contribution < -0.4 is 5.32 Å². The standard InChI is InChI=1S/C12H17NO3/c1-13-11(12(14)15)7-8-16-9-10-5-3-2-4-6-10/h2-6,11,13H,7-9H2,1H3,(H,14,15)/t11-/m1/s1. The minimum absolute atomic E-state index is 0.437. The number of rotatable bonds is 7. The van der Waals surface area contributed by atoms with Gasteiger partial charge in [0.2, 0.25) is 0 Å². The smallest absolute Gasteiger partial charge is 0.320 e. The van der Waals surface area contributed by atoms with Crippen LogP contribution in [-0.4, -0.2) is 30.8 Å². The molecule has 0 spiro atoms. The van der Waals surface area contributed by atoms with Crippen LogP contribution in [0.3, 0.4) is 0 Å². The number of benzene rings is 1. The molecule has 0 fully saturated rings. The van der Waals surface area contributed by atoms with Crippen molar-refractivity contribution in [3.8, 4) is 0 Å². The maximum absolute atomic E-state index is 10.7. The van der Waals surface area contributed by atoms with Crippen LogP contribution in [0.25, 0.3) is 0 Å². The van der Waals surface area contributed by atoms with Gasteiger partial charge < -0.3 is 15.2 Å². The minimum Gasteiger partial charge on any atom is -0.480 e. The number of hydrogen-bond acceptors (Lipinski definition) is 3. The van der Waals surface area contributed by atoms with E-state index >= 15 is 0 Å². The molecule has 4 heteroatoms. The van der Waals surface area contributed by atoms with Gasteiger partial charge >= 0.3 is 5.97 Å². The Morgan fingerprint density at radius 1 is 1.44 bits per heavy atom. The van der Waals surface area contributed by atoms with E-state index in [-0.39, 0.29) is 0 Å². The first-order chi connectivity index (χ1) is 7.74. The third-order valence-electron chi connectivity index (χ3n) is 2.31. The molecule has 4 nitrogen and oxygen atoms in total. The van der Waals surface area contributed by atoms with Gasteiger partial charge in [-0.25, -0.2) is 0 Å². The number of hydrogen-bond donors (Lipinski definition) is 2. The second kappa shape index (κ2) is 6.98. The summed E-state index contributed by atoms with van der Waals surface area (Å²) in [5.74, 6) is -0.842. The molecular weight excluding hydrogens is 206 g/mol. The van der Waals surface area contributed by atoms with Gasteiger partial charge in [0.25, 0.3) is 0 Å². The molecule has 0 bridgehead atoms. The molecule has 0 radical (unpaired) electrons. The highest BCUT2D eigenvalue weighted by Crippen LogP contribution is 2.01. The molecule has 88 valence electrons. The van der Waals surface area contributed by atoms with Crippen LogP contribution in [0.2, 0.25) is 0 Å². The second-order valence-corrected chi connectivity index (χ2v) is 3.51. The van der Waals surface area contributed by atoms with Crippen molar-refractivity contribution < 1.29 is 14.6 Å². The monoisotopic (exact) mass is 223 g/mol. The van der Waals surface area contributed by atoms with Crippen molar-refractivity contribution in [3.63, 3.8) is 0 Å². The summed E-state index contributed by atoms with van der Waals surface area (Å²) in [5, 5.41) is 11.5. The van der Waals surface area contributed by atoms with E-state index in [0.717, 1.165) is 5.56 Å². The summed E-state index contributed by atoms with van der Waals surface area (Å²) in [4.78, 5) is 10.7. The van der Waals surface area contributed by atoms with Gasteiger partial charge in [0, 0.05) is 6.61 Å². The zero-order valence-corrected chi connectivity index (χ0v) is 9.35. The molecule has 0 aliphatic carbocycles. The van der Waals surface area contributed by atoms with E-state index in [1.165, 1.54) is 0 Å². The average Bonchev–Trinajstić information content (AvgIpc) is 2.30. The summed E-state index contributed by atoms with van der Waals surface area (Å²) in [6.45, 7) is 0.962. The van der Waals surface area contributed by atoms with Crippen molar-refractivity contribution >= 4 is 5.97 Å². The van der Waals surface area contributed by atoms with Gasteiger partial charge in [-0.05, 0) is 19.0 Å². The van der Waals surface area contributed by atoms with Crippen molar-refractivity contribution in [1.29, 1.82) is 0 Å². The highest BCUT2D eigenvalue weighted by Gasteiger charge is 2.13. The van der Waals surface area contributed by atoms with Gasteiger partial charge in [0.1, 0.15) is 6.04 Å². The van der Waals surface area contributed by atoms with E-state index in [1.54, 1.807) is 7.05 Å². The molecule has 16 heavy (non-hydrogen) atoms. The quantitative estimate of drug-likeness (QED) is 0.683. The number of nitrogens with one attached hydrogen (secondary N) is 1. The number of likely N-dealkylation sites (N-methyl/N-ethyl adjacent to an activating group) is 1. The molecule has 1 rings (SSSR count). The maximum atomic E-state index is 10.7. The molecule has 0 amide bonds. The molecule has 0 unspecified atom stereocenters. The van der Waals surface area contributed by atoms with Gasteiger partial charge in [0.15, 0.2) is 0 Å². The van der Waals surface area contributed by atoms with Crippen molar-refractivity contribution in [3.05, 3.63) is 35.9 Å². The predicted octanol–water partition coefficient (Wildman–Crippen LogP) is 1.27. The summed E-state index contributed by atoms with van der Waals surface area (Å²) < 4.78 is 5.40. The van der Waals surface area contributed by atoms with Crippen molar-refractivity contribution in [2.45, 2.75) is 19.1 Å². The molecule has 1 atom stereocenters. The molecule has 0 heterocycles. The second-order valence-electron chi connectivity index (χ2n) is 3.51. The largest absolute Gasteiger partial charge is 0.480 e. The fourth-order valence-electron chi connectivity index (χ4n) is 1.36. The van der Waals surface area contributed by atoms with E-state index < -0.39 is 12.0 Å². The summed E-state index contributed by atoms with van der Waals surface area (Å²) in [7, 11) is 1.63. The summed E-state index contributed by atoms with van der Waals surface area (Å²) in [6, 6.07) is 9.28. The Bertz CT molecular complexity index is 313. The van der Waals surface area contributed by atoms with E-state index in [1.807, 2.05) is 30.3 Å². The molecule has 0 aliphatic heterocycles. The highest BCUT2D eigenvalue weighted by molar-refractivity contribution is 5.73. The summed E-state index contributed by atoms with van der Waals surface area (Å²) >= 11 is 0. The maximum Gasteiger partial charge on any atom is 0.320 e. The van der Waals surface area contributed by atoms with Crippen LogP contribution in [0.1, 0.15) is 12.0 Å². The molecule has 0 aliphatic rings. The number of carbonyl (C=O) groups is 1. The highest BCUT2D eigenvalue weighted by atomic mass is 16.5. The molecule has 2 N–H and O–H groups in total. The Kier molecular flexibility index (Phi) is 5.53. The lowest BCUT2D eigenvalue weighted by Gasteiger charge is -2.11. The predicted molar refractivity (Wildman–Crippen MR) is 61.2 cm³/mol. The fraction of sp³-hybridized carbons (Fsp3) is 0.417. The minimum atomic E-state index is -0.842. The molecule has 0 saturated heterocycles. The molecular formula is C12H17NO3. The molecule has 0 saturated carbocycles. The van der Waals surface area contributed by atoms with Crippen LogP contribution in [0.5, 0.6) is 0 Å². The Labute approximate surface area is 95.2 Å². The lowest BCUT2D eigenvalue weighted by Crippen LogP contribution is -2.34. The molecule has 0 aromatic heterocycles. The lowest BCUT2D eigenvalue weighted by atomic mass is 10.2. The third-order valence-corrected chi connectivity index (χ3v) is 2.31. The van der Waals surface area contributed by atoms with Gasteiger partial charge in [-0.2, -0.15) is 0 Å². The van der Waals surface area contributed by atoms with Crippen molar-refractivity contribution in [1.82, 2.24) is 5.32 Å². The topological polar surface area (TPSA) is 58.6 Å². The number of carboxylic acids is 1. The van der Waals surface area contributed by atoms with E-state index in [4.69, 9.17) is 9.84 Å². The van der Waals surface area contributed by atoms with Crippen molar-refractivity contribution in [2.75, 3.05) is 13.7 Å². The zero-order chi connectivity index (χ0) is 11.8. The third kappa shape index (κ3) is 4.42. The van der Waals surface area contributed by atoms with Crippen molar-refractivity contribution in [2.24, 2.45) is 0 Å². The zero-order valence-electron chi connectivity index (χ0n) is 9.35. The number of carboxylic acid groups (broad SMARTS) is 1. The SMILES string of the molecule is CN[C@H](CCOCc1ccccc1)C(=O)O. The van der Waals surface area contributed by atoms with E-state index in [0.29, 0.717) is 19.6 Å². The summed E-state index contributed by atoms with van der Waals surface area (Å²) in [5.41, 5.74) is 1.10. The van der Waals surface area contributed by atoms with Gasteiger partial charge in [0.05, 0.1) is 6.61 Å². The average molecular weight is 223 g/mol. The fourth-order valence-corrected chi connectivity index (χ4v) is 1.36. The first-order valence-corrected chi connectivity index (χ1v) is 5.25. The normalized spacial score (nSPS) is 12.3. The van der Waals surface area contributed by atoms with Crippen LogP contribution in [0.4, 0.5) is 0 Å². The first-order valence-electron chi connectivity index (χ1n) is 5.25. The lowest BCUT2D eigenvalue weighted by molar-refractivity contribution is -0.139. The Morgan fingerprint density at radius 2 is 2.12 bits per heavy atom. The van der Waals surface area contributed by atoms with Gasteiger partial charge in [-0.3, -0.25) is 4.79 Å². The van der Waals surface area contributed by atoms with Crippen LogP contribution in [0.15, 0.2) is 30.3 Å². The molecule has 1 aromatic rings.